The summed E-state index contributed by atoms with van der Waals surface area (Å²) in [5.74, 6) is 0.572. The Morgan fingerprint density at radius 3 is 2.85 bits per heavy atom. The fourth-order valence-electron chi connectivity index (χ4n) is 3.00. The highest BCUT2D eigenvalue weighted by Gasteiger charge is 2.24. The lowest BCUT2D eigenvalue weighted by Gasteiger charge is -2.27. The van der Waals surface area contributed by atoms with Gasteiger partial charge in [-0.15, -0.1) is 0 Å². The van der Waals surface area contributed by atoms with E-state index in [0.717, 1.165) is 49.7 Å². The highest BCUT2D eigenvalue weighted by Crippen LogP contribution is 2.23. The van der Waals surface area contributed by atoms with Gasteiger partial charge >= 0.3 is 5.97 Å². The molecule has 0 fully saturated rings. The Labute approximate surface area is 157 Å². The minimum atomic E-state index is -0.345. The van der Waals surface area contributed by atoms with E-state index in [1.807, 2.05) is 12.1 Å². The summed E-state index contributed by atoms with van der Waals surface area (Å²) in [6.45, 7) is 12.0. The van der Waals surface area contributed by atoms with Crippen LogP contribution in [0.2, 0.25) is 0 Å². The molecule has 0 aromatic heterocycles. The molecule has 0 bridgehead atoms. The maximum absolute atomic E-state index is 12.4. The molecule has 1 N–H and O–H groups in total. The number of fused-ring (bicyclic) bond motifs is 1. The molecule has 0 saturated carbocycles. The van der Waals surface area contributed by atoms with Crippen LogP contribution in [-0.4, -0.2) is 26.0 Å². The normalized spacial score (nSPS) is 15.4. The van der Waals surface area contributed by atoms with Crippen LogP contribution >= 0.6 is 0 Å². The molecule has 1 aromatic carbocycles. The van der Waals surface area contributed by atoms with Crippen molar-refractivity contribution in [2.24, 2.45) is 0 Å². The van der Waals surface area contributed by atoms with Crippen molar-refractivity contribution in [3.05, 3.63) is 59.5 Å². The van der Waals surface area contributed by atoms with Crippen LogP contribution in [0.25, 0.3) is 0 Å². The summed E-state index contributed by atoms with van der Waals surface area (Å²) in [7, 11) is 2.20. The van der Waals surface area contributed by atoms with Crippen LogP contribution < -0.4 is 5.32 Å². The van der Waals surface area contributed by atoms with Gasteiger partial charge in [0.2, 0.25) is 6.79 Å². The Bertz CT molecular complexity index is 657. The third-order valence-corrected chi connectivity index (χ3v) is 4.62. The second kappa shape index (κ2) is 10.1. The van der Waals surface area contributed by atoms with Gasteiger partial charge in [-0.05, 0) is 42.4 Å². The molecule has 0 aliphatic carbocycles. The second-order valence-electron chi connectivity index (χ2n) is 6.63. The van der Waals surface area contributed by atoms with E-state index in [2.05, 4.69) is 45.7 Å². The molecule has 0 amide bonds. The largest absolute Gasteiger partial charge is 0.462 e. The lowest BCUT2D eigenvalue weighted by Crippen LogP contribution is -2.40. The van der Waals surface area contributed by atoms with Gasteiger partial charge < -0.3 is 14.8 Å². The molecule has 1 aliphatic heterocycles. The number of nitrogens with one attached hydrogen (secondary N) is 1. The summed E-state index contributed by atoms with van der Waals surface area (Å²) in [6.07, 6.45) is 5.39. The SMILES string of the molecule is C=C(CC)NC1[B]Cc2c(cccc2C(=O)OCOC(=C)CCCC)C1. The zero-order valence-corrected chi connectivity index (χ0v) is 16.0. The van der Waals surface area contributed by atoms with Crippen LogP contribution in [-0.2, 0) is 22.2 Å². The van der Waals surface area contributed by atoms with E-state index < -0.39 is 0 Å². The van der Waals surface area contributed by atoms with E-state index in [-0.39, 0.29) is 18.7 Å². The lowest BCUT2D eigenvalue weighted by molar-refractivity contribution is -0.00894. The zero-order valence-electron chi connectivity index (χ0n) is 16.0. The molecule has 0 spiro atoms. The van der Waals surface area contributed by atoms with E-state index in [1.54, 1.807) is 0 Å². The monoisotopic (exact) mass is 354 g/mol. The highest BCUT2D eigenvalue weighted by atomic mass is 16.7. The first-order chi connectivity index (χ1) is 12.5. The van der Waals surface area contributed by atoms with Gasteiger partial charge in [0.25, 0.3) is 0 Å². The predicted octanol–water partition coefficient (Wildman–Crippen LogP) is 4.12. The molecule has 1 aliphatic rings. The Balaban J connectivity index is 1.93. The maximum atomic E-state index is 12.4. The minimum absolute atomic E-state index is 0.0880. The van der Waals surface area contributed by atoms with Gasteiger partial charge in [0, 0.05) is 12.1 Å². The van der Waals surface area contributed by atoms with Crippen LogP contribution in [0.1, 0.15) is 61.0 Å². The number of hydrogen-bond acceptors (Lipinski definition) is 4. The van der Waals surface area contributed by atoms with Crippen molar-refractivity contribution >= 4 is 13.2 Å². The highest BCUT2D eigenvalue weighted by molar-refractivity contribution is 6.38. The van der Waals surface area contributed by atoms with Crippen molar-refractivity contribution in [1.29, 1.82) is 0 Å². The van der Waals surface area contributed by atoms with Crippen molar-refractivity contribution in [3.63, 3.8) is 0 Å². The molecule has 1 aromatic rings. The number of carbonyl (C=O) groups is 1. The number of unbranched alkanes of at least 4 members (excludes halogenated alkanes) is 1. The van der Waals surface area contributed by atoms with Crippen LogP contribution in [0.5, 0.6) is 0 Å². The average Bonchev–Trinajstić information content (AvgIpc) is 2.65. The first kappa shape index (κ1) is 20.2. The minimum Gasteiger partial charge on any atom is -0.462 e. The lowest BCUT2D eigenvalue weighted by atomic mass is 9.57. The van der Waals surface area contributed by atoms with E-state index in [1.165, 1.54) is 5.56 Å². The topological polar surface area (TPSA) is 47.6 Å². The number of rotatable bonds is 10. The molecule has 5 heteroatoms. The van der Waals surface area contributed by atoms with Crippen LogP contribution in [0.15, 0.2) is 42.8 Å². The first-order valence-electron chi connectivity index (χ1n) is 9.41. The Kier molecular flexibility index (Phi) is 7.83. The molecule has 1 radical (unpaired) electrons. The van der Waals surface area contributed by atoms with Gasteiger partial charge in [0.05, 0.1) is 11.3 Å². The average molecular weight is 354 g/mol. The number of esters is 1. The summed E-state index contributed by atoms with van der Waals surface area (Å²) in [4.78, 5) is 12.4. The van der Waals surface area contributed by atoms with Gasteiger partial charge in [-0.3, -0.25) is 0 Å². The van der Waals surface area contributed by atoms with Crippen LogP contribution in [0.4, 0.5) is 0 Å². The smallest absolute Gasteiger partial charge is 0.341 e. The van der Waals surface area contributed by atoms with Gasteiger partial charge in [-0.25, -0.2) is 4.79 Å². The fourth-order valence-corrected chi connectivity index (χ4v) is 3.00. The first-order valence-corrected chi connectivity index (χ1v) is 9.41. The summed E-state index contributed by atoms with van der Waals surface area (Å²) >= 11 is 0. The predicted molar refractivity (Wildman–Crippen MR) is 106 cm³/mol. The zero-order chi connectivity index (χ0) is 18.9. The molecule has 0 saturated heterocycles. The van der Waals surface area contributed by atoms with Gasteiger partial charge in [0.15, 0.2) is 0 Å². The quantitative estimate of drug-likeness (QED) is 0.297. The molecule has 26 heavy (non-hydrogen) atoms. The van der Waals surface area contributed by atoms with Gasteiger partial charge in [0.1, 0.15) is 7.28 Å². The van der Waals surface area contributed by atoms with Crippen molar-refractivity contribution in [2.45, 2.75) is 58.2 Å². The third kappa shape index (κ3) is 5.68. The number of ether oxygens (including phenoxy) is 2. The molecule has 1 heterocycles. The molecular formula is C21H29BNO3. The van der Waals surface area contributed by atoms with Gasteiger partial charge in [-0.1, -0.05) is 51.9 Å². The Morgan fingerprint density at radius 2 is 2.12 bits per heavy atom. The number of benzene rings is 1. The molecule has 1 unspecified atom stereocenters. The maximum Gasteiger partial charge on any atom is 0.341 e. The van der Waals surface area contributed by atoms with Gasteiger partial charge in [-0.2, -0.15) is 0 Å². The molecular weight excluding hydrogens is 325 g/mol. The molecule has 4 nitrogen and oxygen atoms in total. The molecule has 2 rings (SSSR count). The van der Waals surface area contributed by atoms with E-state index in [9.17, 15) is 4.79 Å². The van der Waals surface area contributed by atoms with E-state index in [4.69, 9.17) is 9.47 Å². The summed E-state index contributed by atoms with van der Waals surface area (Å²) in [5, 5.41) is 3.43. The number of hydrogen-bond donors (Lipinski definition) is 1. The van der Waals surface area contributed by atoms with Crippen molar-refractivity contribution in [3.8, 4) is 0 Å². The Hall–Kier alpha value is -2.17. The molecule has 1 atom stereocenters. The Morgan fingerprint density at radius 1 is 1.31 bits per heavy atom. The summed E-state index contributed by atoms with van der Waals surface area (Å²) in [5.41, 5.74) is 3.87. The van der Waals surface area contributed by atoms with Crippen molar-refractivity contribution in [1.82, 2.24) is 5.32 Å². The molecule has 139 valence electrons. The standard InChI is InChI=1S/C21H29BNO3/c1-5-7-9-16(4)25-14-26-21(24)18-11-8-10-17-12-20(22-13-19(17)18)23-15(3)6-2/h8,10-11,20,23H,3-7,9,12-14H2,1-2H3. The van der Waals surface area contributed by atoms with Crippen molar-refractivity contribution < 1.29 is 14.3 Å². The summed E-state index contributed by atoms with van der Waals surface area (Å²) in [6, 6.07) is 5.80. The fraction of sp³-hybridized carbons (Fsp3) is 0.476. The number of carbonyl (C=O) groups excluding carboxylic acids is 1. The second-order valence-corrected chi connectivity index (χ2v) is 6.63. The van der Waals surface area contributed by atoms with Crippen LogP contribution in [0, 0.1) is 0 Å². The van der Waals surface area contributed by atoms with Crippen molar-refractivity contribution in [2.75, 3.05) is 6.79 Å². The summed E-state index contributed by atoms with van der Waals surface area (Å²) < 4.78 is 10.7. The van der Waals surface area contributed by atoms with E-state index in [0.29, 0.717) is 11.3 Å². The van der Waals surface area contributed by atoms with E-state index >= 15 is 0 Å². The third-order valence-electron chi connectivity index (χ3n) is 4.62. The number of allylic oxidation sites excluding steroid dienone is 2. The van der Waals surface area contributed by atoms with Crippen LogP contribution in [0.3, 0.4) is 0 Å².